The Hall–Kier alpha value is -7.33. The molecule has 0 aliphatic carbocycles. The molecule has 7 N–H and O–H groups in total. The van der Waals surface area contributed by atoms with Crippen LogP contribution in [0, 0.1) is 5.82 Å². The van der Waals surface area contributed by atoms with E-state index in [1.165, 1.54) is 36.8 Å². The van der Waals surface area contributed by atoms with Gasteiger partial charge in [-0.05, 0) is 109 Å². The van der Waals surface area contributed by atoms with Crippen molar-refractivity contribution in [1.29, 1.82) is 0 Å². The molecule has 21 heteroatoms. The number of nitrogens with zero attached hydrogens (tertiary/aromatic N) is 8. The third kappa shape index (κ3) is 11.0. The van der Waals surface area contributed by atoms with E-state index in [2.05, 4.69) is 51.2 Å². The van der Waals surface area contributed by atoms with Crippen molar-refractivity contribution < 1.29 is 27.1 Å². The number of primary amides is 1. The molecule has 4 heterocycles. The van der Waals surface area contributed by atoms with Crippen LogP contribution in [0.4, 0.5) is 33.3 Å². The Labute approximate surface area is 393 Å². The molecule has 1 aliphatic rings. The van der Waals surface area contributed by atoms with Crippen LogP contribution in [0.2, 0.25) is 0 Å². The molecule has 1 atom stereocenters. The first-order chi connectivity index (χ1) is 32.3. The minimum Gasteiger partial charge on any atom is -0.457 e. The third-order valence-electron chi connectivity index (χ3n) is 10.8. The monoisotopic (exact) mass is 989 g/mol. The van der Waals surface area contributed by atoms with E-state index in [1.807, 2.05) is 71.2 Å². The lowest BCUT2D eigenvalue weighted by Crippen LogP contribution is -2.40. The molecule has 0 bridgehead atoms. The highest BCUT2D eigenvalue weighted by atomic mass is 79.9. The average Bonchev–Trinajstić information content (AvgIpc) is 3.72. The molecule has 18 nitrogen and oxygen atoms in total. The molecule has 1 aliphatic heterocycles. The Kier molecular flexibility index (Phi) is 14.1. The summed E-state index contributed by atoms with van der Waals surface area (Å²) in [5.41, 5.74) is 14.1. The molecule has 7 aromatic rings. The summed E-state index contributed by atoms with van der Waals surface area (Å²) in [4.78, 5) is 46.5. The zero-order chi connectivity index (χ0) is 47.1. The number of para-hydroxylation sites is 1. The molecular weight excluding hydrogens is 946 g/mol. The summed E-state index contributed by atoms with van der Waals surface area (Å²) in [5.74, 6) is 0.228. The largest absolute Gasteiger partial charge is 0.457 e. The number of anilines is 5. The van der Waals surface area contributed by atoms with Crippen molar-refractivity contribution in [3.8, 4) is 22.8 Å². The molecule has 0 unspecified atom stereocenters. The molecule has 0 saturated carbocycles. The normalized spacial score (nSPS) is 14.1. The van der Waals surface area contributed by atoms with Gasteiger partial charge in [-0.1, -0.05) is 30.3 Å². The first kappa shape index (κ1) is 46.2. The van der Waals surface area contributed by atoms with Crippen molar-refractivity contribution in [3.63, 3.8) is 0 Å². The fourth-order valence-electron chi connectivity index (χ4n) is 7.46. The van der Waals surface area contributed by atoms with Gasteiger partial charge >= 0.3 is 0 Å². The molecule has 344 valence electrons. The van der Waals surface area contributed by atoms with E-state index in [1.54, 1.807) is 29.2 Å². The molecule has 4 aromatic carbocycles. The predicted octanol–water partition coefficient (Wildman–Crippen LogP) is 6.78. The minimum absolute atomic E-state index is 0.0498. The van der Waals surface area contributed by atoms with Gasteiger partial charge in [0.25, 0.3) is 5.91 Å². The number of piperidine rings is 1. The number of carbonyl (C=O) groups excluding carboxylic acids is 2. The number of benzene rings is 4. The maximum absolute atomic E-state index is 14.3. The van der Waals surface area contributed by atoms with Gasteiger partial charge in [-0.15, -0.1) is 0 Å². The highest BCUT2D eigenvalue weighted by Gasteiger charge is 2.28. The standard InChI is InChI=1S/C46H45BrFN13O5S/c1-59(25-22-54-67(64,65)34-20-16-30(17-21-34)55-46-51-26-35(47)44(57-46)56-37-12-5-11-36(48)39(37)43(50)63)23-7-13-38(62)60-24-6-8-31(27-60)61-45-40(42(49)52-28-53-45)41(58-61)29-14-18-33(19-15-29)66-32-9-3-2-4-10-32/h2-5,7,9-21,26,28,31,54H,6,8,22-25,27H2,1H3,(H2,50,63)(H2,49,52,53)(H2,51,55,56,57)/b13-7+/t31-/m1/s1. The molecule has 3 aromatic heterocycles. The molecular formula is C46H45BrFN13O5S. The minimum atomic E-state index is -3.85. The average molecular weight is 991 g/mol. The summed E-state index contributed by atoms with van der Waals surface area (Å²) < 4.78 is 51.5. The molecule has 1 saturated heterocycles. The fourth-order valence-corrected chi connectivity index (χ4v) is 8.78. The first-order valence-electron chi connectivity index (χ1n) is 21.0. The maximum Gasteiger partial charge on any atom is 0.253 e. The summed E-state index contributed by atoms with van der Waals surface area (Å²) in [6, 6.07) is 27.0. The van der Waals surface area contributed by atoms with Gasteiger partial charge in [0, 0.05) is 56.2 Å². The summed E-state index contributed by atoms with van der Waals surface area (Å²) in [7, 11) is -2.02. The van der Waals surface area contributed by atoms with Crippen molar-refractivity contribution >= 4 is 77.8 Å². The van der Waals surface area contributed by atoms with Crippen LogP contribution in [0.3, 0.4) is 0 Å². The lowest BCUT2D eigenvalue weighted by atomic mass is 10.1. The van der Waals surface area contributed by atoms with Crippen molar-refractivity contribution in [1.82, 2.24) is 44.2 Å². The zero-order valence-corrected chi connectivity index (χ0v) is 38.4. The fraction of sp³-hybridized carbons (Fsp3) is 0.196. The van der Waals surface area contributed by atoms with Gasteiger partial charge in [0.15, 0.2) is 5.65 Å². The number of amides is 2. The second kappa shape index (κ2) is 20.5. The number of nitrogens with two attached hydrogens (primary N) is 2. The lowest BCUT2D eigenvalue weighted by molar-refractivity contribution is -0.127. The Morgan fingerprint density at radius 2 is 1.73 bits per heavy atom. The Balaban J connectivity index is 0.820. The summed E-state index contributed by atoms with van der Waals surface area (Å²) in [6.07, 6.45) is 7.75. The molecule has 0 radical (unpaired) electrons. The van der Waals surface area contributed by atoms with E-state index in [4.69, 9.17) is 21.3 Å². The number of carbonyl (C=O) groups is 2. The van der Waals surface area contributed by atoms with Gasteiger partial charge in [0.2, 0.25) is 21.9 Å². The van der Waals surface area contributed by atoms with Crippen LogP contribution in [0.5, 0.6) is 11.5 Å². The van der Waals surface area contributed by atoms with Crippen LogP contribution in [0.1, 0.15) is 29.2 Å². The number of rotatable bonds is 17. The van der Waals surface area contributed by atoms with Gasteiger partial charge in [-0.25, -0.2) is 37.2 Å². The second-order valence-corrected chi connectivity index (χ2v) is 18.1. The topological polar surface area (TPSA) is 242 Å². The number of halogens is 2. The van der Waals surface area contributed by atoms with Crippen LogP contribution < -0.4 is 31.6 Å². The highest BCUT2D eigenvalue weighted by Crippen LogP contribution is 2.35. The first-order valence-corrected chi connectivity index (χ1v) is 23.3. The van der Waals surface area contributed by atoms with Gasteiger partial charge in [-0.3, -0.25) is 9.59 Å². The van der Waals surface area contributed by atoms with Gasteiger partial charge < -0.3 is 36.6 Å². The predicted molar refractivity (Wildman–Crippen MR) is 256 cm³/mol. The Bertz CT molecular complexity index is 3050. The second-order valence-electron chi connectivity index (χ2n) is 15.5. The van der Waals surface area contributed by atoms with E-state index in [0.717, 1.165) is 30.2 Å². The number of fused-ring (bicyclic) bond motifs is 1. The lowest BCUT2D eigenvalue weighted by Gasteiger charge is -2.32. The Morgan fingerprint density at radius 1 is 0.970 bits per heavy atom. The summed E-state index contributed by atoms with van der Waals surface area (Å²) in [5, 5.41) is 11.5. The van der Waals surface area contributed by atoms with Crippen molar-refractivity contribution in [2.24, 2.45) is 5.73 Å². The van der Waals surface area contributed by atoms with Crippen LogP contribution in [-0.4, -0.2) is 99.5 Å². The summed E-state index contributed by atoms with van der Waals surface area (Å²) in [6.45, 7) is 1.93. The molecule has 2 amide bonds. The van der Waals surface area contributed by atoms with E-state index in [-0.39, 0.29) is 46.4 Å². The van der Waals surface area contributed by atoms with Gasteiger partial charge in [-0.2, -0.15) is 10.1 Å². The van der Waals surface area contributed by atoms with Gasteiger partial charge in [0.1, 0.15) is 41.0 Å². The number of likely N-dealkylation sites (N-methyl/N-ethyl adjacent to an activating group) is 1. The van der Waals surface area contributed by atoms with Crippen LogP contribution in [-0.2, 0) is 14.8 Å². The smallest absolute Gasteiger partial charge is 0.253 e. The van der Waals surface area contributed by atoms with E-state index < -0.39 is 21.7 Å². The molecule has 1 fully saturated rings. The Morgan fingerprint density at radius 3 is 2.49 bits per heavy atom. The number of aromatic nitrogens is 6. The number of ether oxygens (including phenoxy) is 1. The highest BCUT2D eigenvalue weighted by molar-refractivity contribution is 9.10. The SMILES string of the molecule is CN(C/C=C/C(=O)N1CCC[C@@H](n2nc(-c3ccc(Oc4ccccc4)cc3)c3c(N)ncnc32)C1)CCNS(=O)(=O)c1ccc(Nc2ncc(Br)c(Nc3cccc(F)c3C(N)=O)n2)cc1. The van der Waals surface area contributed by atoms with Crippen molar-refractivity contribution in [3.05, 3.63) is 138 Å². The molecule has 0 spiro atoms. The van der Waals surface area contributed by atoms with E-state index in [0.29, 0.717) is 64.6 Å². The zero-order valence-electron chi connectivity index (χ0n) is 36.0. The number of nitrogens with one attached hydrogen (secondary N) is 3. The van der Waals surface area contributed by atoms with E-state index in [9.17, 15) is 22.4 Å². The number of hydrogen-bond acceptors (Lipinski definition) is 14. The summed E-state index contributed by atoms with van der Waals surface area (Å²) >= 11 is 3.34. The van der Waals surface area contributed by atoms with Crippen molar-refractivity contribution in [2.45, 2.75) is 23.8 Å². The number of hydrogen-bond donors (Lipinski definition) is 5. The molecule has 8 rings (SSSR count). The van der Waals surface area contributed by atoms with Crippen LogP contribution >= 0.6 is 15.9 Å². The van der Waals surface area contributed by atoms with Gasteiger partial charge in [0.05, 0.1) is 32.0 Å². The van der Waals surface area contributed by atoms with Crippen LogP contribution in [0.25, 0.3) is 22.3 Å². The number of sulfonamides is 1. The third-order valence-corrected chi connectivity index (χ3v) is 12.9. The molecule has 67 heavy (non-hydrogen) atoms. The number of nitrogen functional groups attached to an aromatic ring is 1. The quantitative estimate of drug-likeness (QED) is 0.0592. The number of likely N-dealkylation sites (tertiary alicyclic amines) is 1. The van der Waals surface area contributed by atoms with E-state index >= 15 is 0 Å². The van der Waals surface area contributed by atoms with Crippen molar-refractivity contribution in [2.75, 3.05) is 56.1 Å². The maximum atomic E-state index is 14.3. The van der Waals surface area contributed by atoms with Crippen LogP contribution in [0.15, 0.2) is 131 Å².